The van der Waals surface area contributed by atoms with Gasteiger partial charge in [-0.1, -0.05) is 13.8 Å². The Morgan fingerprint density at radius 3 is 2.53 bits per heavy atom. The van der Waals surface area contributed by atoms with E-state index in [4.69, 9.17) is 4.74 Å². The standard InChI is InChI=1S/C13H21N3O3/c1-10(2)9-16(5-6-18-3)12-8-14-11(7-15-12)13(17)19-4/h7-8,10H,5-6,9H2,1-4H3. The number of carbonyl (C=O) groups excluding carboxylic acids is 1. The van der Waals surface area contributed by atoms with Crippen LogP contribution in [0.2, 0.25) is 0 Å². The van der Waals surface area contributed by atoms with Gasteiger partial charge >= 0.3 is 5.97 Å². The Balaban J connectivity index is 2.80. The molecule has 0 aliphatic rings. The summed E-state index contributed by atoms with van der Waals surface area (Å²) in [5.74, 6) is 0.753. The minimum absolute atomic E-state index is 0.211. The molecule has 1 heterocycles. The highest BCUT2D eigenvalue weighted by molar-refractivity contribution is 5.86. The Hall–Kier alpha value is -1.69. The average Bonchev–Trinajstić information content (AvgIpc) is 2.42. The SMILES string of the molecule is COCCN(CC(C)C)c1cnc(C(=O)OC)cn1. The Labute approximate surface area is 113 Å². The minimum atomic E-state index is -0.480. The number of methoxy groups -OCH3 is 2. The first-order valence-electron chi connectivity index (χ1n) is 6.22. The highest BCUT2D eigenvalue weighted by atomic mass is 16.5. The van der Waals surface area contributed by atoms with Crippen LogP contribution in [-0.4, -0.2) is 49.9 Å². The van der Waals surface area contributed by atoms with Crippen molar-refractivity contribution in [2.75, 3.05) is 38.8 Å². The highest BCUT2D eigenvalue weighted by Gasteiger charge is 2.12. The summed E-state index contributed by atoms with van der Waals surface area (Å²) in [6.45, 7) is 6.48. The Bertz CT molecular complexity index is 393. The molecule has 0 saturated carbocycles. The molecule has 0 aliphatic heterocycles. The molecule has 0 saturated heterocycles. The molecular weight excluding hydrogens is 246 g/mol. The molecule has 6 heteroatoms. The molecule has 0 aromatic carbocycles. The van der Waals surface area contributed by atoms with E-state index in [-0.39, 0.29) is 5.69 Å². The highest BCUT2D eigenvalue weighted by Crippen LogP contribution is 2.11. The van der Waals surface area contributed by atoms with E-state index in [1.165, 1.54) is 13.3 Å². The molecule has 1 aromatic heterocycles. The van der Waals surface area contributed by atoms with Crippen LogP contribution in [0, 0.1) is 5.92 Å². The zero-order valence-electron chi connectivity index (χ0n) is 11.9. The van der Waals surface area contributed by atoms with Crippen molar-refractivity contribution in [2.24, 2.45) is 5.92 Å². The summed E-state index contributed by atoms with van der Waals surface area (Å²) in [4.78, 5) is 21.7. The first-order valence-corrected chi connectivity index (χ1v) is 6.22. The van der Waals surface area contributed by atoms with Crippen molar-refractivity contribution in [3.8, 4) is 0 Å². The van der Waals surface area contributed by atoms with E-state index in [1.54, 1.807) is 13.3 Å². The number of hydrogen-bond donors (Lipinski definition) is 0. The average molecular weight is 267 g/mol. The van der Waals surface area contributed by atoms with Gasteiger partial charge in [0.2, 0.25) is 0 Å². The number of hydrogen-bond acceptors (Lipinski definition) is 6. The second-order valence-corrected chi connectivity index (χ2v) is 4.58. The minimum Gasteiger partial charge on any atom is -0.464 e. The molecule has 19 heavy (non-hydrogen) atoms. The summed E-state index contributed by atoms with van der Waals surface area (Å²) < 4.78 is 9.68. The van der Waals surface area contributed by atoms with E-state index in [0.717, 1.165) is 18.9 Å². The molecule has 0 N–H and O–H groups in total. The van der Waals surface area contributed by atoms with Gasteiger partial charge in [0.25, 0.3) is 0 Å². The number of esters is 1. The second-order valence-electron chi connectivity index (χ2n) is 4.58. The van der Waals surface area contributed by atoms with E-state index >= 15 is 0 Å². The van der Waals surface area contributed by atoms with E-state index in [0.29, 0.717) is 12.5 Å². The monoisotopic (exact) mass is 267 g/mol. The van der Waals surface area contributed by atoms with E-state index in [1.807, 2.05) is 0 Å². The van der Waals surface area contributed by atoms with E-state index in [9.17, 15) is 4.79 Å². The lowest BCUT2D eigenvalue weighted by atomic mass is 10.2. The fourth-order valence-corrected chi connectivity index (χ4v) is 1.64. The molecule has 0 atom stereocenters. The van der Waals surface area contributed by atoms with Crippen LogP contribution >= 0.6 is 0 Å². The predicted octanol–water partition coefficient (Wildman–Crippen LogP) is 1.37. The number of ether oxygens (including phenoxy) is 2. The lowest BCUT2D eigenvalue weighted by Crippen LogP contribution is -2.31. The largest absolute Gasteiger partial charge is 0.464 e. The molecule has 0 unspecified atom stereocenters. The van der Waals surface area contributed by atoms with Crippen LogP contribution in [0.15, 0.2) is 12.4 Å². The fraction of sp³-hybridized carbons (Fsp3) is 0.615. The molecule has 106 valence electrons. The molecule has 1 aromatic rings. The summed E-state index contributed by atoms with van der Waals surface area (Å²) in [7, 11) is 2.99. The first kappa shape index (κ1) is 15.4. The summed E-state index contributed by atoms with van der Waals surface area (Å²) in [5.41, 5.74) is 0.211. The molecule has 0 radical (unpaired) electrons. The van der Waals surface area contributed by atoms with E-state index < -0.39 is 5.97 Å². The van der Waals surface area contributed by atoms with Crippen LogP contribution < -0.4 is 4.90 Å². The fourth-order valence-electron chi connectivity index (χ4n) is 1.64. The molecule has 1 rings (SSSR count). The third kappa shape index (κ3) is 4.82. The number of aromatic nitrogens is 2. The molecule has 6 nitrogen and oxygen atoms in total. The van der Waals surface area contributed by atoms with Gasteiger partial charge in [0, 0.05) is 20.2 Å². The summed E-state index contributed by atoms with van der Waals surface area (Å²) in [5, 5.41) is 0. The number of anilines is 1. The third-order valence-electron chi connectivity index (χ3n) is 2.51. The summed E-state index contributed by atoms with van der Waals surface area (Å²) >= 11 is 0. The van der Waals surface area contributed by atoms with Crippen LogP contribution in [0.5, 0.6) is 0 Å². The lowest BCUT2D eigenvalue weighted by molar-refractivity contribution is 0.0593. The van der Waals surface area contributed by atoms with Gasteiger partial charge in [-0.05, 0) is 5.92 Å². The van der Waals surface area contributed by atoms with Crippen molar-refractivity contribution in [1.82, 2.24) is 9.97 Å². The molecule has 0 fully saturated rings. The van der Waals surface area contributed by atoms with Crippen molar-refractivity contribution in [2.45, 2.75) is 13.8 Å². The number of nitrogens with zero attached hydrogens (tertiary/aromatic N) is 3. The molecule has 0 amide bonds. The van der Waals surface area contributed by atoms with Crippen LogP contribution in [0.25, 0.3) is 0 Å². The summed E-state index contributed by atoms with van der Waals surface area (Å²) in [6, 6.07) is 0. The van der Waals surface area contributed by atoms with Crippen molar-refractivity contribution in [1.29, 1.82) is 0 Å². The maximum Gasteiger partial charge on any atom is 0.358 e. The van der Waals surface area contributed by atoms with Crippen molar-refractivity contribution < 1.29 is 14.3 Å². The van der Waals surface area contributed by atoms with Crippen molar-refractivity contribution >= 4 is 11.8 Å². The van der Waals surface area contributed by atoms with Gasteiger partial charge < -0.3 is 14.4 Å². The van der Waals surface area contributed by atoms with Gasteiger partial charge in [0.15, 0.2) is 5.69 Å². The Morgan fingerprint density at radius 2 is 2.05 bits per heavy atom. The van der Waals surface area contributed by atoms with Crippen LogP contribution in [0.3, 0.4) is 0 Å². The Morgan fingerprint density at radius 1 is 1.32 bits per heavy atom. The molecule has 0 aliphatic carbocycles. The zero-order valence-corrected chi connectivity index (χ0v) is 11.9. The van der Waals surface area contributed by atoms with Crippen LogP contribution in [-0.2, 0) is 9.47 Å². The Kier molecular flexibility index (Phi) is 6.21. The van der Waals surface area contributed by atoms with Gasteiger partial charge in [-0.2, -0.15) is 0 Å². The normalized spacial score (nSPS) is 10.6. The van der Waals surface area contributed by atoms with Gasteiger partial charge in [-0.15, -0.1) is 0 Å². The quantitative estimate of drug-likeness (QED) is 0.695. The van der Waals surface area contributed by atoms with Crippen LogP contribution in [0.1, 0.15) is 24.3 Å². The van der Waals surface area contributed by atoms with Crippen molar-refractivity contribution in [3.63, 3.8) is 0 Å². The lowest BCUT2D eigenvalue weighted by Gasteiger charge is -2.24. The predicted molar refractivity (Wildman–Crippen MR) is 72.3 cm³/mol. The first-order chi connectivity index (χ1) is 9.08. The number of carbonyl (C=O) groups is 1. The van der Waals surface area contributed by atoms with Gasteiger partial charge in [-0.3, -0.25) is 0 Å². The second kappa shape index (κ2) is 7.68. The molecule has 0 bridgehead atoms. The van der Waals surface area contributed by atoms with Gasteiger partial charge in [0.1, 0.15) is 5.82 Å². The molecular formula is C13H21N3O3. The summed E-state index contributed by atoms with van der Waals surface area (Å²) in [6.07, 6.45) is 3.02. The molecule has 0 spiro atoms. The van der Waals surface area contributed by atoms with E-state index in [2.05, 4.69) is 33.5 Å². The zero-order chi connectivity index (χ0) is 14.3. The number of rotatable bonds is 7. The van der Waals surface area contributed by atoms with Crippen LogP contribution in [0.4, 0.5) is 5.82 Å². The topological polar surface area (TPSA) is 64.5 Å². The maximum absolute atomic E-state index is 11.3. The maximum atomic E-state index is 11.3. The van der Waals surface area contributed by atoms with Crippen molar-refractivity contribution in [3.05, 3.63) is 18.1 Å². The van der Waals surface area contributed by atoms with Gasteiger partial charge in [0.05, 0.1) is 26.1 Å². The third-order valence-corrected chi connectivity index (χ3v) is 2.51. The van der Waals surface area contributed by atoms with Gasteiger partial charge in [-0.25, -0.2) is 14.8 Å². The smallest absolute Gasteiger partial charge is 0.358 e.